The van der Waals surface area contributed by atoms with Crippen LogP contribution in [-0.2, 0) is 6.61 Å². The van der Waals surface area contributed by atoms with Crippen molar-refractivity contribution in [2.45, 2.75) is 6.61 Å². The fraction of sp³-hybridized carbons (Fsp3) is 0.0833. The molecule has 0 aliphatic heterocycles. The Bertz CT molecular complexity index is 428. The average molecular weight is 215 g/mol. The average Bonchev–Trinajstić information content (AvgIpc) is 2.38. The summed E-state index contributed by atoms with van der Waals surface area (Å²) < 4.78 is 5.57. The van der Waals surface area contributed by atoms with Gasteiger partial charge in [-0.3, -0.25) is 0 Å². The van der Waals surface area contributed by atoms with Gasteiger partial charge in [-0.15, -0.1) is 0 Å². The minimum absolute atomic E-state index is 0.502. The maximum atomic E-state index is 5.57. The number of anilines is 1. The minimum Gasteiger partial charge on any atom is -0.489 e. The summed E-state index contributed by atoms with van der Waals surface area (Å²) in [5.41, 5.74) is 3.48. The number of benzene rings is 1. The van der Waals surface area contributed by atoms with E-state index in [1.165, 1.54) is 0 Å². The van der Waals surface area contributed by atoms with Gasteiger partial charge in [0, 0.05) is 11.8 Å². The molecule has 1 aromatic carbocycles. The molecule has 0 bridgehead atoms. The Morgan fingerprint density at radius 2 is 1.94 bits per heavy atom. The van der Waals surface area contributed by atoms with E-state index in [9.17, 15) is 0 Å². The molecule has 0 fully saturated rings. The van der Waals surface area contributed by atoms with Crippen molar-refractivity contribution in [1.82, 2.24) is 4.98 Å². The van der Waals surface area contributed by atoms with E-state index >= 15 is 0 Å². The summed E-state index contributed by atoms with van der Waals surface area (Å²) in [4.78, 5) is 4.09. The van der Waals surface area contributed by atoms with Gasteiger partial charge in [-0.05, 0) is 18.2 Å². The van der Waals surface area contributed by atoms with E-state index in [0.717, 1.165) is 11.3 Å². The van der Waals surface area contributed by atoms with E-state index in [0.29, 0.717) is 12.4 Å². The van der Waals surface area contributed by atoms with Crippen LogP contribution < -0.4 is 16.0 Å². The second kappa shape index (κ2) is 5.14. The summed E-state index contributed by atoms with van der Waals surface area (Å²) in [5, 5.41) is 0. The van der Waals surface area contributed by atoms with Crippen molar-refractivity contribution >= 4 is 5.82 Å². The van der Waals surface area contributed by atoms with Crippen LogP contribution in [0.1, 0.15) is 5.56 Å². The van der Waals surface area contributed by atoms with Crippen LogP contribution in [0.25, 0.3) is 0 Å². The van der Waals surface area contributed by atoms with Crippen molar-refractivity contribution in [3.63, 3.8) is 0 Å². The summed E-state index contributed by atoms with van der Waals surface area (Å²) in [5.74, 6) is 6.71. The van der Waals surface area contributed by atoms with E-state index < -0.39 is 0 Å². The number of nitrogens with one attached hydrogen (secondary N) is 1. The van der Waals surface area contributed by atoms with Crippen molar-refractivity contribution in [2.24, 2.45) is 5.84 Å². The Balaban J connectivity index is 1.94. The molecular formula is C12H13N3O. The number of hydrogen-bond acceptors (Lipinski definition) is 4. The quantitative estimate of drug-likeness (QED) is 0.604. The lowest BCUT2D eigenvalue weighted by Crippen LogP contribution is -2.08. The lowest BCUT2D eigenvalue weighted by molar-refractivity contribution is 0.306. The molecule has 3 N–H and O–H groups in total. The summed E-state index contributed by atoms with van der Waals surface area (Å²) in [6, 6.07) is 13.4. The summed E-state index contributed by atoms with van der Waals surface area (Å²) >= 11 is 0. The maximum Gasteiger partial charge on any atom is 0.139 e. The van der Waals surface area contributed by atoms with Crippen LogP contribution >= 0.6 is 0 Å². The second-order valence-electron chi connectivity index (χ2n) is 3.30. The van der Waals surface area contributed by atoms with Crippen LogP contribution in [0.4, 0.5) is 5.82 Å². The topological polar surface area (TPSA) is 60.2 Å². The van der Waals surface area contributed by atoms with E-state index in [4.69, 9.17) is 10.6 Å². The molecule has 1 aromatic heterocycles. The number of nitrogens with zero attached hydrogens (tertiary/aromatic N) is 1. The number of aromatic nitrogens is 1. The van der Waals surface area contributed by atoms with Gasteiger partial charge in [0.2, 0.25) is 0 Å². The number of ether oxygens (including phenoxy) is 1. The first-order valence-electron chi connectivity index (χ1n) is 4.98. The van der Waals surface area contributed by atoms with Gasteiger partial charge < -0.3 is 10.2 Å². The molecule has 4 heteroatoms. The number of para-hydroxylation sites is 1. The molecule has 0 atom stereocenters. The van der Waals surface area contributed by atoms with E-state index in [1.807, 2.05) is 42.5 Å². The van der Waals surface area contributed by atoms with Gasteiger partial charge in [-0.2, -0.15) is 0 Å². The first-order valence-corrected chi connectivity index (χ1v) is 4.98. The Morgan fingerprint density at radius 1 is 1.12 bits per heavy atom. The van der Waals surface area contributed by atoms with Crippen LogP contribution in [0.5, 0.6) is 5.75 Å². The summed E-state index contributed by atoms with van der Waals surface area (Å²) in [7, 11) is 0. The van der Waals surface area contributed by atoms with E-state index in [-0.39, 0.29) is 0 Å². The highest BCUT2D eigenvalue weighted by atomic mass is 16.5. The first-order chi connectivity index (χ1) is 7.88. The van der Waals surface area contributed by atoms with E-state index in [1.54, 1.807) is 6.20 Å². The van der Waals surface area contributed by atoms with Crippen LogP contribution in [-0.4, -0.2) is 4.98 Å². The van der Waals surface area contributed by atoms with Gasteiger partial charge >= 0.3 is 0 Å². The van der Waals surface area contributed by atoms with Gasteiger partial charge in [-0.25, -0.2) is 10.8 Å². The van der Waals surface area contributed by atoms with Crippen LogP contribution in [0.2, 0.25) is 0 Å². The molecule has 1 heterocycles. The fourth-order valence-electron chi connectivity index (χ4n) is 1.28. The first kappa shape index (κ1) is 10.4. The number of hydrazine groups is 1. The molecule has 2 rings (SSSR count). The van der Waals surface area contributed by atoms with Crippen LogP contribution in [0.15, 0.2) is 48.7 Å². The highest BCUT2D eigenvalue weighted by Gasteiger charge is 1.96. The highest BCUT2D eigenvalue weighted by Crippen LogP contribution is 2.11. The highest BCUT2D eigenvalue weighted by molar-refractivity contribution is 5.33. The molecule has 0 unspecified atom stereocenters. The molecule has 0 spiro atoms. The van der Waals surface area contributed by atoms with Crippen molar-refractivity contribution in [3.05, 3.63) is 54.2 Å². The number of nitrogen functional groups attached to an aromatic ring is 1. The van der Waals surface area contributed by atoms with Crippen molar-refractivity contribution in [2.75, 3.05) is 5.43 Å². The summed E-state index contributed by atoms with van der Waals surface area (Å²) in [6.45, 7) is 0.502. The molecule has 0 aliphatic rings. The van der Waals surface area contributed by atoms with Crippen molar-refractivity contribution < 1.29 is 4.74 Å². The molecule has 4 nitrogen and oxygen atoms in total. The van der Waals surface area contributed by atoms with Crippen LogP contribution in [0.3, 0.4) is 0 Å². The Kier molecular flexibility index (Phi) is 3.35. The normalized spacial score (nSPS) is 9.81. The Morgan fingerprint density at radius 3 is 2.56 bits per heavy atom. The largest absolute Gasteiger partial charge is 0.489 e. The molecule has 16 heavy (non-hydrogen) atoms. The number of nitrogens with two attached hydrogens (primary N) is 1. The molecular weight excluding hydrogens is 202 g/mol. The zero-order valence-electron chi connectivity index (χ0n) is 8.76. The smallest absolute Gasteiger partial charge is 0.139 e. The molecule has 0 saturated heterocycles. The molecule has 82 valence electrons. The van der Waals surface area contributed by atoms with Gasteiger partial charge in [-0.1, -0.05) is 24.3 Å². The molecule has 0 aliphatic carbocycles. The predicted molar refractivity (Wildman–Crippen MR) is 62.8 cm³/mol. The number of hydrogen-bond donors (Lipinski definition) is 2. The Labute approximate surface area is 94.0 Å². The van der Waals surface area contributed by atoms with Gasteiger partial charge in [0.05, 0.1) is 0 Å². The van der Waals surface area contributed by atoms with Crippen LogP contribution in [0, 0.1) is 0 Å². The molecule has 0 amide bonds. The van der Waals surface area contributed by atoms with E-state index in [2.05, 4.69) is 10.4 Å². The molecule has 0 saturated carbocycles. The SMILES string of the molecule is NNc1ccc(COc2ccccc2)cn1. The molecule has 0 radical (unpaired) electrons. The number of pyridine rings is 1. The standard InChI is InChI=1S/C12H13N3O/c13-15-12-7-6-10(8-14-12)9-16-11-4-2-1-3-5-11/h1-8H,9,13H2,(H,14,15). The summed E-state index contributed by atoms with van der Waals surface area (Å²) in [6.07, 6.45) is 1.73. The van der Waals surface area contributed by atoms with Gasteiger partial charge in [0.15, 0.2) is 0 Å². The van der Waals surface area contributed by atoms with Crippen molar-refractivity contribution in [1.29, 1.82) is 0 Å². The zero-order valence-corrected chi connectivity index (χ0v) is 8.76. The monoisotopic (exact) mass is 215 g/mol. The minimum atomic E-state index is 0.502. The number of rotatable bonds is 4. The maximum absolute atomic E-state index is 5.57. The second-order valence-corrected chi connectivity index (χ2v) is 3.30. The lowest BCUT2D eigenvalue weighted by Gasteiger charge is -2.06. The molecule has 2 aromatic rings. The van der Waals surface area contributed by atoms with Gasteiger partial charge in [0.1, 0.15) is 18.2 Å². The zero-order chi connectivity index (χ0) is 11.2. The fourth-order valence-corrected chi connectivity index (χ4v) is 1.28. The predicted octanol–water partition coefficient (Wildman–Crippen LogP) is 1.95. The third-order valence-corrected chi connectivity index (χ3v) is 2.12. The third kappa shape index (κ3) is 2.71. The van der Waals surface area contributed by atoms with Gasteiger partial charge in [0.25, 0.3) is 0 Å². The van der Waals surface area contributed by atoms with Crippen molar-refractivity contribution in [3.8, 4) is 5.75 Å². The third-order valence-electron chi connectivity index (χ3n) is 2.12. The lowest BCUT2D eigenvalue weighted by atomic mass is 10.3. The Hall–Kier alpha value is -2.07.